The summed E-state index contributed by atoms with van der Waals surface area (Å²) in [7, 11) is 1.80. The van der Waals surface area contributed by atoms with Gasteiger partial charge in [0.1, 0.15) is 0 Å². The van der Waals surface area contributed by atoms with Gasteiger partial charge in [-0.25, -0.2) is 4.79 Å². The quantitative estimate of drug-likeness (QED) is 0.885. The number of carboxylic acid groups (broad SMARTS) is 1. The number of carbonyl (C=O) groups excluding carboxylic acids is 1. The van der Waals surface area contributed by atoms with Crippen molar-refractivity contribution < 1.29 is 14.7 Å². The predicted octanol–water partition coefficient (Wildman–Crippen LogP) is 1.56. The van der Waals surface area contributed by atoms with Crippen molar-refractivity contribution in [3.05, 3.63) is 11.9 Å². The van der Waals surface area contributed by atoms with E-state index in [1.807, 2.05) is 13.8 Å². The number of rotatable bonds is 3. The number of hydrogen-bond acceptors (Lipinski definition) is 3. The monoisotopic (exact) mass is 294 g/mol. The number of likely N-dealkylation sites (tertiary alicyclic amines) is 1. The number of urea groups is 1. The van der Waals surface area contributed by atoms with Gasteiger partial charge in [0.05, 0.1) is 17.3 Å². The summed E-state index contributed by atoms with van der Waals surface area (Å²) >= 11 is 0. The zero-order valence-corrected chi connectivity index (χ0v) is 12.7. The molecular formula is C14H22N4O3. The molecule has 1 aromatic rings. The lowest BCUT2D eigenvalue weighted by molar-refractivity contribution is -0.143. The van der Waals surface area contributed by atoms with Gasteiger partial charge in [0.25, 0.3) is 0 Å². The van der Waals surface area contributed by atoms with E-state index in [2.05, 4.69) is 10.4 Å². The maximum Gasteiger partial charge on any atom is 0.321 e. The van der Waals surface area contributed by atoms with E-state index >= 15 is 0 Å². The Morgan fingerprint density at radius 3 is 2.81 bits per heavy atom. The third kappa shape index (κ3) is 3.53. The van der Waals surface area contributed by atoms with E-state index in [-0.39, 0.29) is 18.5 Å². The van der Waals surface area contributed by atoms with Crippen LogP contribution in [0.15, 0.2) is 6.20 Å². The molecular weight excluding hydrogens is 272 g/mol. The van der Waals surface area contributed by atoms with Crippen LogP contribution in [0, 0.1) is 11.8 Å². The lowest BCUT2D eigenvalue weighted by atomic mass is 9.91. The predicted molar refractivity (Wildman–Crippen MR) is 78.1 cm³/mol. The van der Waals surface area contributed by atoms with Crippen LogP contribution in [-0.4, -0.2) is 44.9 Å². The molecule has 2 rings (SSSR count). The van der Waals surface area contributed by atoms with Crippen LogP contribution in [0.3, 0.4) is 0 Å². The second-order valence-electron chi connectivity index (χ2n) is 5.73. The van der Waals surface area contributed by atoms with Crippen molar-refractivity contribution >= 4 is 17.7 Å². The fraction of sp³-hybridized carbons (Fsp3) is 0.643. The smallest absolute Gasteiger partial charge is 0.321 e. The number of carbonyl (C=O) groups is 2. The summed E-state index contributed by atoms with van der Waals surface area (Å²) in [6, 6.07) is -0.254. The van der Waals surface area contributed by atoms with Gasteiger partial charge < -0.3 is 15.3 Å². The molecule has 2 heterocycles. The third-order valence-electron chi connectivity index (χ3n) is 3.78. The van der Waals surface area contributed by atoms with Gasteiger partial charge in [-0.05, 0) is 18.8 Å². The fourth-order valence-electron chi connectivity index (χ4n) is 2.79. The number of anilines is 1. The van der Waals surface area contributed by atoms with Gasteiger partial charge in [-0.15, -0.1) is 0 Å². The molecule has 0 aromatic carbocycles. The highest BCUT2D eigenvalue weighted by Crippen LogP contribution is 2.23. The normalized spacial score (nSPS) is 22.1. The van der Waals surface area contributed by atoms with Gasteiger partial charge >= 0.3 is 12.0 Å². The average Bonchev–Trinajstić information content (AvgIpc) is 2.77. The molecule has 21 heavy (non-hydrogen) atoms. The summed E-state index contributed by atoms with van der Waals surface area (Å²) in [6.45, 7) is 4.78. The number of hydrogen-bond donors (Lipinski definition) is 2. The minimum Gasteiger partial charge on any atom is -0.481 e. The molecule has 1 fully saturated rings. The van der Waals surface area contributed by atoms with Gasteiger partial charge in [0.15, 0.2) is 0 Å². The summed E-state index contributed by atoms with van der Waals surface area (Å²) in [6.07, 6.45) is 3.11. The van der Waals surface area contributed by atoms with Crippen molar-refractivity contribution in [2.45, 2.75) is 26.7 Å². The van der Waals surface area contributed by atoms with E-state index in [1.54, 1.807) is 22.8 Å². The van der Waals surface area contributed by atoms with Gasteiger partial charge in [0.2, 0.25) is 0 Å². The van der Waals surface area contributed by atoms with Crippen LogP contribution in [0.5, 0.6) is 0 Å². The highest BCUT2D eigenvalue weighted by atomic mass is 16.4. The van der Waals surface area contributed by atoms with E-state index in [0.29, 0.717) is 18.7 Å². The minimum absolute atomic E-state index is 0.185. The molecule has 0 spiro atoms. The Bertz CT molecular complexity index is 540. The zero-order valence-electron chi connectivity index (χ0n) is 12.7. The van der Waals surface area contributed by atoms with Crippen molar-refractivity contribution in [3.8, 4) is 0 Å². The first-order chi connectivity index (χ1) is 9.90. The highest BCUT2D eigenvalue weighted by Gasteiger charge is 2.32. The molecule has 7 heteroatoms. The molecule has 2 amide bonds. The van der Waals surface area contributed by atoms with Crippen molar-refractivity contribution in [1.29, 1.82) is 0 Å². The Balaban J connectivity index is 2.06. The van der Waals surface area contributed by atoms with E-state index in [0.717, 1.165) is 12.1 Å². The van der Waals surface area contributed by atoms with Crippen LogP contribution in [-0.2, 0) is 18.3 Å². The van der Waals surface area contributed by atoms with E-state index < -0.39 is 11.9 Å². The Kier molecular flexibility index (Phi) is 4.50. The molecule has 2 N–H and O–H groups in total. The molecule has 0 bridgehead atoms. The Morgan fingerprint density at radius 1 is 1.48 bits per heavy atom. The van der Waals surface area contributed by atoms with Crippen LogP contribution in [0.2, 0.25) is 0 Å². The molecule has 7 nitrogen and oxygen atoms in total. The number of carboxylic acids is 1. The molecule has 1 aliphatic heterocycles. The van der Waals surface area contributed by atoms with Crippen molar-refractivity contribution in [3.63, 3.8) is 0 Å². The van der Waals surface area contributed by atoms with Crippen molar-refractivity contribution in [2.75, 3.05) is 18.4 Å². The first-order valence-electron chi connectivity index (χ1n) is 7.22. The van der Waals surface area contributed by atoms with Crippen LogP contribution in [0.4, 0.5) is 10.5 Å². The largest absolute Gasteiger partial charge is 0.481 e. The summed E-state index contributed by atoms with van der Waals surface area (Å²) in [5.41, 5.74) is 1.51. The average molecular weight is 294 g/mol. The van der Waals surface area contributed by atoms with Crippen LogP contribution in [0.25, 0.3) is 0 Å². The molecule has 0 saturated carbocycles. The molecule has 1 aliphatic rings. The fourth-order valence-corrected chi connectivity index (χ4v) is 2.79. The molecule has 2 unspecified atom stereocenters. The number of aryl methyl sites for hydroxylation is 2. The first-order valence-corrected chi connectivity index (χ1v) is 7.22. The van der Waals surface area contributed by atoms with Gasteiger partial charge in [-0.1, -0.05) is 13.8 Å². The molecule has 2 atom stereocenters. The second kappa shape index (κ2) is 6.15. The lowest BCUT2D eigenvalue weighted by Crippen LogP contribution is -2.47. The molecule has 0 radical (unpaired) electrons. The Morgan fingerprint density at radius 2 is 2.19 bits per heavy atom. The number of amides is 2. The third-order valence-corrected chi connectivity index (χ3v) is 3.78. The van der Waals surface area contributed by atoms with Gasteiger partial charge in [-0.3, -0.25) is 9.48 Å². The maximum atomic E-state index is 12.3. The standard InChI is InChI=1S/C14H22N4O3/c1-4-11-12(8-17(3)16-11)15-14(21)18-6-9(2)5-10(7-18)13(19)20/h8-10H,4-7H2,1-3H3,(H,15,21)(H,19,20). The molecule has 1 aromatic heterocycles. The molecule has 0 aliphatic carbocycles. The number of aromatic nitrogens is 2. The lowest BCUT2D eigenvalue weighted by Gasteiger charge is -2.34. The van der Waals surface area contributed by atoms with E-state index in [1.165, 1.54) is 0 Å². The second-order valence-corrected chi connectivity index (χ2v) is 5.73. The van der Waals surface area contributed by atoms with Crippen molar-refractivity contribution in [1.82, 2.24) is 14.7 Å². The zero-order chi connectivity index (χ0) is 15.6. The Labute approximate surface area is 123 Å². The maximum absolute atomic E-state index is 12.3. The minimum atomic E-state index is -0.838. The van der Waals surface area contributed by atoms with E-state index in [9.17, 15) is 9.59 Å². The summed E-state index contributed by atoms with van der Waals surface area (Å²) in [5, 5.41) is 16.3. The SMILES string of the molecule is CCc1nn(C)cc1NC(=O)N1CC(C)CC(C(=O)O)C1. The van der Waals surface area contributed by atoms with E-state index in [4.69, 9.17) is 5.11 Å². The van der Waals surface area contributed by atoms with Crippen LogP contribution in [0.1, 0.15) is 26.0 Å². The number of nitrogens with one attached hydrogen (secondary N) is 1. The highest BCUT2D eigenvalue weighted by molar-refractivity contribution is 5.90. The van der Waals surface area contributed by atoms with Gasteiger partial charge in [-0.2, -0.15) is 5.10 Å². The summed E-state index contributed by atoms with van der Waals surface area (Å²) in [4.78, 5) is 25.1. The molecule has 116 valence electrons. The number of aliphatic carboxylic acids is 1. The van der Waals surface area contributed by atoms with Gasteiger partial charge in [0, 0.05) is 26.3 Å². The van der Waals surface area contributed by atoms with Crippen LogP contribution >= 0.6 is 0 Å². The van der Waals surface area contributed by atoms with Crippen LogP contribution < -0.4 is 5.32 Å². The molecule has 1 saturated heterocycles. The number of nitrogens with zero attached hydrogens (tertiary/aromatic N) is 3. The summed E-state index contributed by atoms with van der Waals surface area (Å²) < 4.78 is 1.66. The van der Waals surface area contributed by atoms with Crippen molar-refractivity contribution in [2.24, 2.45) is 18.9 Å². The first kappa shape index (κ1) is 15.3. The Hall–Kier alpha value is -2.05. The summed E-state index contributed by atoms with van der Waals surface area (Å²) in [5.74, 6) is -1.14. The number of piperidine rings is 1. The topological polar surface area (TPSA) is 87.5 Å².